The van der Waals surface area contributed by atoms with Crippen LogP contribution in [0.15, 0.2) is 18.2 Å². The standard InChI is InChI=1S/C23H33ClF2N2O3S.ClH/c1-3-17-32(30,31)28-15-13-27(14-16-28)22(9-11-23(25,26)12-10-22)8-7-20(29)21-18(2)5-4-6-19(21)24;/h4-6H,3,7-17H2,1-2H3;1H. The predicted molar refractivity (Wildman–Crippen MR) is 130 cm³/mol. The Labute approximate surface area is 207 Å². The fourth-order valence-corrected chi connectivity index (χ4v) is 6.91. The van der Waals surface area contributed by atoms with Crippen LogP contribution in [0.2, 0.25) is 5.02 Å². The lowest BCUT2D eigenvalue weighted by Gasteiger charge is -2.51. The van der Waals surface area contributed by atoms with Crippen LogP contribution < -0.4 is 0 Å². The van der Waals surface area contributed by atoms with E-state index in [2.05, 4.69) is 4.90 Å². The van der Waals surface area contributed by atoms with Gasteiger partial charge in [0.2, 0.25) is 15.9 Å². The van der Waals surface area contributed by atoms with Gasteiger partial charge in [-0.15, -0.1) is 12.4 Å². The lowest BCUT2D eigenvalue weighted by atomic mass is 9.74. The highest BCUT2D eigenvalue weighted by molar-refractivity contribution is 7.89. The van der Waals surface area contributed by atoms with Gasteiger partial charge < -0.3 is 0 Å². The van der Waals surface area contributed by atoms with E-state index < -0.39 is 21.5 Å². The van der Waals surface area contributed by atoms with E-state index in [4.69, 9.17) is 11.6 Å². The fraction of sp³-hybridized carbons (Fsp3) is 0.696. The number of hydrogen-bond donors (Lipinski definition) is 0. The Balaban J connectivity index is 0.00000385. The second-order valence-electron chi connectivity index (χ2n) is 9.14. The van der Waals surface area contributed by atoms with E-state index in [1.807, 2.05) is 19.9 Å². The van der Waals surface area contributed by atoms with Crippen LogP contribution in [0.4, 0.5) is 8.78 Å². The Morgan fingerprint density at radius 2 is 1.70 bits per heavy atom. The van der Waals surface area contributed by atoms with Crippen molar-refractivity contribution in [3.8, 4) is 0 Å². The van der Waals surface area contributed by atoms with Gasteiger partial charge in [-0.2, -0.15) is 4.31 Å². The maximum atomic E-state index is 14.0. The average molecular weight is 528 g/mol. The predicted octanol–water partition coefficient (Wildman–Crippen LogP) is 5.34. The molecule has 10 heteroatoms. The highest BCUT2D eigenvalue weighted by Gasteiger charge is 2.47. The molecule has 2 fully saturated rings. The lowest BCUT2D eigenvalue weighted by molar-refractivity contribution is -0.0891. The van der Waals surface area contributed by atoms with Crippen LogP contribution >= 0.6 is 24.0 Å². The minimum Gasteiger partial charge on any atom is -0.295 e. The first-order valence-electron chi connectivity index (χ1n) is 11.4. The fourth-order valence-electron chi connectivity index (χ4n) is 5.09. The second kappa shape index (κ2) is 11.3. The molecule has 33 heavy (non-hydrogen) atoms. The number of Topliss-reactive ketones (excluding diaryl/α,β-unsaturated/α-hetero) is 1. The molecule has 0 amide bonds. The molecule has 3 rings (SSSR count). The van der Waals surface area contributed by atoms with Gasteiger partial charge in [-0.1, -0.05) is 30.7 Å². The molecule has 188 valence electrons. The molecule has 1 aromatic rings. The topological polar surface area (TPSA) is 57.7 Å². The largest absolute Gasteiger partial charge is 0.295 e. The van der Waals surface area contributed by atoms with Crippen molar-refractivity contribution >= 4 is 39.8 Å². The van der Waals surface area contributed by atoms with Crippen LogP contribution in [0.3, 0.4) is 0 Å². The SMILES string of the molecule is CCCS(=O)(=O)N1CCN(C2(CCC(=O)c3c(C)cccc3Cl)CCC(F)(F)CC2)CC1.Cl. The Kier molecular flexibility index (Phi) is 9.73. The van der Waals surface area contributed by atoms with Crippen molar-refractivity contribution < 1.29 is 22.0 Å². The number of carbonyl (C=O) groups excluding carboxylic acids is 1. The minimum atomic E-state index is -3.28. The molecule has 1 heterocycles. The summed E-state index contributed by atoms with van der Waals surface area (Å²) < 4.78 is 54.3. The molecule has 0 spiro atoms. The maximum absolute atomic E-state index is 14.0. The molecule has 1 saturated heterocycles. The molecule has 1 aliphatic carbocycles. The number of sulfonamides is 1. The van der Waals surface area contributed by atoms with Gasteiger partial charge in [0.1, 0.15) is 0 Å². The van der Waals surface area contributed by atoms with Gasteiger partial charge in [0, 0.05) is 56.5 Å². The monoisotopic (exact) mass is 526 g/mol. The molecule has 0 aromatic heterocycles. The third kappa shape index (κ3) is 6.66. The van der Waals surface area contributed by atoms with Crippen LogP contribution in [-0.4, -0.2) is 66.8 Å². The van der Waals surface area contributed by atoms with Crippen LogP contribution in [0, 0.1) is 6.92 Å². The van der Waals surface area contributed by atoms with Crippen molar-refractivity contribution in [2.24, 2.45) is 0 Å². The van der Waals surface area contributed by atoms with Crippen molar-refractivity contribution in [2.75, 3.05) is 31.9 Å². The summed E-state index contributed by atoms with van der Waals surface area (Å²) >= 11 is 6.26. The minimum absolute atomic E-state index is 0. The molecule has 0 bridgehead atoms. The third-order valence-corrected chi connectivity index (χ3v) is 9.39. The van der Waals surface area contributed by atoms with Gasteiger partial charge >= 0.3 is 0 Å². The van der Waals surface area contributed by atoms with Gasteiger partial charge in [0.25, 0.3) is 0 Å². The van der Waals surface area contributed by atoms with Crippen molar-refractivity contribution in [3.63, 3.8) is 0 Å². The number of piperazine rings is 1. The van der Waals surface area contributed by atoms with Crippen LogP contribution in [-0.2, 0) is 10.0 Å². The summed E-state index contributed by atoms with van der Waals surface area (Å²) in [5.41, 5.74) is 0.787. The van der Waals surface area contributed by atoms with E-state index in [9.17, 15) is 22.0 Å². The highest BCUT2D eigenvalue weighted by Crippen LogP contribution is 2.44. The van der Waals surface area contributed by atoms with Crippen molar-refractivity contribution in [1.82, 2.24) is 9.21 Å². The van der Waals surface area contributed by atoms with Crippen LogP contribution in [0.25, 0.3) is 0 Å². The molecule has 1 aliphatic heterocycles. The van der Waals surface area contributed by atoms with Crippen molar-refractivity contribution in [2.45, 2.75) is 70.3 Å². The Bertz CT molecular complexity index is 905. The van der Waals surface area contributed by atoms with Gasteiger partial charge in [-0.3, -0.25) is 9.69 Å². The lowest BCUT2D eigenvalue weighted by Crippen LogP contribution is -2.60. The zero-order valence-corrected chi connectivity index (χ0v) is 21.7. The molecule has 0 N–H and O–H groups in total. The summed E-state index contributed by atoms with van der Waals surface area (Å²) in [5.74, 6) is -2.64. The number of rotatable bonds is 8. The van der Waals surface area contributed by atoms with Crippen LogP contribution in [0.1, 0.15) is 67.8 Å². The number of aryl methyl sites for hydroxylation is 1. The van der Waals surface area contributed by atoms with E-state index in [1.54, 1.807) is 12.1 Å². The average Bonchev–Trinajstić information content (AvgIpc) is 2.73. The quantitative estimate of drug-likeness (QED) is 0.429. The zero-order valence-electron chi connectivity index (χ0n) is 19.3. The molecule has 1 aromatic carbocycles. The second-order valence-corrected chi connectivity index (χ2v) is 11.6. The molecule has 0 atom stereocenters. The number of hydrogen-bond acceptors (Lipinski definition) is 4. The summed E-state index contributed by atoms with van der Waals surface area (Å²) in [5, 5.41) is 0.411. The number of ketones is 1. The van der Waals surface area contributed by atoms with Gasteiger partial charge in [-0.05, 0) is 44.2 Å². The molecule has 1 saturated carbocycles. The van der Waals surface area contributed by atoms with Gasteiger partial charge in [-0.25, -0.2) is 17.2 Å². The number of carbonyl (C=O) groups is 1. The van der Waals surface area contributed by atoms with E-state index in [-0.39, 0.29) is 43.2 Å². The van der Waals surface area contributed by atoms with Gasteiger partial charge in [0.05, 0.1) is 10.8 Å². The number of halogens is 4. The summed E-state index contributed by atoms with van der Waals surface area (Å²) in [6, 6.07) is 5.33. The summed E-state index contributed by atoms with van der Waals surface area (Å²) in [6.45, 7) is 5.38. The smallest absolute Gasteiger partial charge is 0.248 e. The number of nitrogens with zero attached hydrogens (tertiary/aromatic N) is 2. The molecule has 5 nitrogen and oxygen atoms in total. The van der Waals surface area contributed by atoms with E-state index in [0.29, 0.717) is 62.4 Å². The molecule has 2 aliphatic rings. The van der Waals surface area contributed by atoms with E-state index >= 15 is 0 Å². The summed E-state index contributed by atoms with van der Waals surface area (Å²) in [6.07, 6.45) is 1.44. The molecular formula is C23H34Cl2F2N2O3S. The molecule has 0 radical (unpaired) electrons. The normalized spacial score (nSPS) is 21.4. The first-order valence-corrected chi connectivity index (χ1v) is 13.4. The van der Waals surface area contributed by atoms with Crippen molar-refractivity contribution in [3.05, 3.63) is 34.3 Å². The Morgan fingerprint density at radius 3 is 2.24 bits per heavy atom. The third-order valence-electron chi connectivity index (χ3n) is 7.00. The maximum Gasteiger partial charge on any atom is 0.248 e. The number of benzene rings is 1. The molecular weight excluding hydrogens is 493 g/mol. The van der Waals surface area contributed by atoms with E-state index in [1.165, 1.54) is 4.31 Å². The van der Waals surface area contributed by atoms with Gasteiger partial charge in [0.15, 0.2) is 5.78 Å². The summed E-state index contributed by atoms with van der Waals surface area (Å²) in [4.78, 5) is 15.2. The highest BCUT2D eigenvalue weighted by atomic mass is 35.5. The molecule has 0 unspecified atom stereocenters. The summed E-state index contributed by atoms with van der Waals surface area (Å²) in [7, 11) is -3.28. The van der Waals surface area contributed by atoms with Crippen LogP contribution in [0.5, 0.6) is 0 Å². The first kappa shape index (κ1) is 28.4. The van der Waals surface area contributed by atoms with E-state index in [0.717, 1.165) is 5.56 Å². The first-order chi connectivity index (χ1) is 15.0. The number of alkyl halides is 2. The Morgan fingerprint density at radius 1 is 1.09 bits per heavy atom. The van der Waals surface area contributed by atoms with Crippen molar-refractivity contribution in [1.29, 1.82) is 0 Å². The zero-order chi connectivity index (χ0) is 23.6. The Hall–Kier alpha value is -0.800.